The molecule has 0 fully saturated rings. The van der Waals surface area contributed by atoms with Crippen molar-refractivity contribution in [3.63, 3.8) is 0 Å². The monoisotopic (exact) mass is 332 g/mol. The van der Waals surface area contributed by atoms with E-state index in [1.807, 2.05) is 26.0 Å². The lowest BCUT2D eigenvalue weighted by Crippen LogP contribution is -2.12. The van der Waals surface area contributed by atoms with E-state index in [0.717, 1.165) is 21.0 Å². The van der Waals surface area contributed by atoms with Crippen LogP contribution >= 0.6 is 22.9 Å². The van der Waals surface area contributed by atoms with Crippen LogP contribution < -0.4 is 0 Å². The maximum Gasteiger partial charge on any atom is 0.303 e. The topological polar surface area (TPSA) is 26.3 Å². The molecule has 1 heterocycles. The lowest BCUT2D eigenvalue weighted by atomic mass is 9.96. The third kappa shape index (κ3) is 8.47. The Hall–Kier alpha value is -0.540. The van der Waals surface area contributed by atoms with Gasteiger partial charge in [0.2, 0.25) is 0 Å². The highest BCUT2D eigenvalue weighted by Gasteiger charge is 2.20. The van der Waals surface area contributed by atoms with Gasteiger partial charge in [-0.05, 0) is 29.9 Å². The molecule has 0 amide bonds. The van der Waals surface area contributed by atoms with Gasteiger partial charge >= 0.3 is 5.97 Å². The lowest BCUT2D eigenvalue weighted by molar-refractivity contribution is -0.148. The summed E-state index contributed by atoms with van der Waals surface area (Å²) in [5.74, 6) is 1.77. The summed E-state index contributed by atoms with van der Waals surface area (Å²) in [5, 5.41) is 0. The number of esters is 1. The van der Waals surface area contributed by atoms with Crippen molar-refractivity contribution in [2.24, 2.45) is 17.8 Å². The van der Waals surface area contributed by atoms with Gasteiger partial charge in [0.1, 0.15) is 6.10 Å². The van der Waals surface area contributed by atoms with E-state index < -0.39 is 0 Å². The fourth-order valence-electron chi connectivity index (χ4n) is 1.65. The Balaban J connectivity index is 0.000000486. The first-order valence-corrected chi connectivity index (χ1v) is 8.80. The Bertz CT molecular complexity index is 413. The third-order valence-electron chi connectivity index (χ3n) is 3.55. The molecular weight excluding hydrogens is 304 g/mol. The van der Waals surface area contributed by atoms with Crippen LogP contribution in [0.3, 0.4) is 0 Å². The fourth-order valence-corrected chi connectivity index (χ4v) is 2.92. The summed E-state index contributed by atoms with van der Waals surface area (Å²) in [5.41, 5.74) is 0. The molecule has 21 heavy (non-hydrogen) atoms. The number of ether oxygens (including phenoxy) is 1. The Morgan fingerprint density at radius 3 is 2.00 bits per heavy atom. The zero-order chi connectivity index (χ0) is 16.6. The van der Waals surface area contributed by atoms with E-state index in [0.29, 0.717) is 0 Å². The number of rotatable bonds is 5. The first-order valence-electron chi connectivity index (χ1n) is 7.61. The molecule has 0 radical (unpaired) electrons. The molecule has 0 spiro atoms. The van der Waals surface area contributed by atoms with Crippen molar-refractivity contribution in [2.75, 3.05) is 0 Å². The predicted octanol–water partition coefficient (Wildman–Crippen LogP) is 6.35. The van der Waals surface area contributed by atoms with Crippen LogP contribution in [0.1, 0.15) is 65.9 Å². The van der Waals surface area contributed by atoms with Crippen LogP contribution in [0.4, 0.5) is 0 Å². The molecule has 1 aromatic rings. The van der Waals surface area contributed by atoms with Crippen molar-refractivity contribution in [3.8, 4) is 0 Å². The minimum absolute atomic E-state index is 0.176. The van der Waals surface area contributed by atoms with E-state index in [2.05, 4.69) is 27.7 Å². The highest BCUT2D eigenvalue weighted by Crippen LogP contribution is 2.33. The quantitative estimate of drug-likeness (QED) is 0.587. The van der Waals surface area contributed by atoms with Crippen molar-refractivity contribution in [1.29, 1.82) is 0 Å². The van der Waals surface area contributed by atoms with Gasteiger partial charge in [0.15, 0.2) is 0 Å². The standard InChI is InChI=1S/C10H13ClO2S.C7H16/c1-6(2)10(13-7(3)12)8-4-5-9(11)14-8;1-5-7(4)6(2)3/h4-6,10H,1-3H3;6-7H,5H2,1-4H3. The largest absolute Gasteiger partial charge is 0.457 e. The van der Waals surface area contributed by atoms with Crippen LogP contribution in [-0.2, 0) is 9.53 Å². The molecular formula is C17H29ClO2S. The van der Waals surface area contributed by atoms with Crippen molar-refractivity contribution in [1.82, 2.24) is 0 Å². The molecule has 0 bridgehead atoms. The summed E-state index contributed by atoms with van der Waals surface area (Å²) >= 11 is 7.28. The molecule has 0 aliphatic carbocycles. The molecule has 1 aromatic heterocycles. The molecule has 1 rings (SSSR count). The zero-order valence-electron chi connectivity index (χ0n) is 14.3. The van der Waals surface area contributed by atoms with Crippen molar-refractivity contribution in [2.45, 2.75) is 61.0 Å². The summed E-state index contributed by atoms with van der Waals surface area (Å²) < 4.78 is 5.94. The van der Waals surface area contributed by atoms with Gasteiger partial charge in [-0.1, -0.05) is 59.6 Å². The number of thiophene rings is 1. The van der Waals surface area contributed by atoms with Gasteiger partial charge in [-0.15, -0.1) is 11.3 Å². The van der Waals surface area contributed by atoms with E-state index >= 15 is 0 Å². The average molecular weight is 333 g/mol. The number of carbonyl (C=O) groups is 1. The normalized spacial score (nSPS) is 13.6. The van der Waals surface area contributed by atoms with E-state index in [4.69, 9.17) is 16.3 Å². The van der Waals surface area contributed by atoms with Crippen LogP contribution in [0.5, 0.6) is 0 Å². The first kappa shape index (κ1) is 20.5. The third-order valence-corrected chi connectivity index (χ3v) is 4.85. The summed E-state index contributed by atoms with van der Waals surface area (Å²) in [6.07, 6.45) is 1.14. The summed E-state index contributed by atoms with van der Waals surface area (Å²) in [6.45, 7) is 14.5. The molecule has 0 saturated heterocycles. The van der Waals surface area contributed by atoms with Crippen LogP contribution in [0, 0.1) is 17.8 Å². The van der Waals surface area contributed by atoms with Crippen LogP contribution in [0.15, 0.2) is 12.1 Å². The van der Waals surface area contributed by atoms with Crippen molar-refractivity contribution < 1.29 is 9.53 Å². The molecule has 122 valence electrons. The van der Waals surface area contributed by atoms with E-state index in [-0.39, 0.29) is 18.0 Å². The highest BCUT2D eigenvalue weighted by atomic mass is 35.5. The maximum atomic E-state index is 10.9. The first-order chi connectivity index (χ1) is 9.68. The second kappa shape index (κ2) is 10.2. The number of hydrogen-bond donors (Lipinski definition) is 0. The van der Waals surface area contributed by atoms with Crippen LogP contribution in [0.25, 0.3) is 0 Å². The van der Waals surface area contributed by atoms with E-state index in [9.17, 15) is 4.79 Å². The van der Waals surface area contributed by atoms with Crippen molar-refractivity contribution >= 4 is 28.9 Å². The van der Waals surface area contributed by atoms with Crippen LogP contribution in [0.2, 0.25) is 4.34 Å². The maximum absolute atomic E-state index is 10.9. The second-order valence-corrected chi connectivity index (χ2v) is 7.79. The molecule has 2 nitrogen and oxygen atoms in total. The van der Waals surface area contributed by atoms with Gasteiger partial charge in [-0.3, -0.25) is 4.79 Å². The summed E-state index contributed by atoms with van der Waals surface area (Å²) in [6, 6.07) is 3.72. The Morgan fingerprint density at radius 1 is 1.19 bits per heavy atom. The Kier molecular flexibility index (Phi) is 9.97. The van der Waals surface area contributed by atoms with Gasteiger partial charge in [0.05, 0.1) is 4.34 Å². The number of carbonyl (C=O) groups excluding carboxylic acids is 1. The van der Waals surface area contributed by atoms with Gasteiger partial charge in [0, 0.05) is 11.8 Å². The molecule has 0 aliphatic rings. The predicted molar refractivity (Wildman–Crippen MR) is 93.0 cm³/mol. The summed E-state index contributed by atoms with van der Waals surface area (Å²) in [4.78, 5) is 11.9. The van der Waals surface area contributed by atoms with Gasteiger partial charge in [0.25, 0.3) is 0 Å². The Labute approximate surface area is 138 Å². The highest BCUT2D eigenvalue weighted by molar-refractivity contribution is 7.16. The number of hydrogen-bond acceptors (Lipinski definition) is 3. The summed E-state index contributed by atoms with van der Waals surface area (Å²) in [7, 11) is 0. The smallest absolute Gasteiger partial charge is 0.303 e. The number of halogens is 1. The Morgan fingerprint density at radius 2 is 1.76 bits per heavy atom. The SMILES string of the molecule is CC(=O)OC(c1ccc(Cl)s1)C(C)C.CCC(C)C(C)C. The molecule has 0 aromatic carbocycles. The van der Waals surface area contributed by atoms with E-state index in [1.54, 1.807) is 0 Å². The van der Waals surface area contributed by atoms with Gasteiger partial charge in [-0.2, -0.15) is 0 Å². The molecule has 2 atom stereocenters. The second-order valence-electron chi connectivity index (χ2n) is 6.05. The minimum Gasteiger partial charge on any atom is -0.457 e. The minimum atomic E-state index is -0.256. The van der Waals surface area contributed by atoms with Gasteiger partial charge < -0.3 is 4.74 Å². The molecule has 0 saturated carbocycles. The molecule has 0 aliphatic heterocycles. The van der Waals surface area contributed by atoms with Crippen molar-refractivity contribution in [3.05, 3.63) is 21.3 Å². The molecule has 4 heteroatoms. The molecule has 2 unspecified atom stereocenters. The van der Waals surface area contributed by atoms with Gasteiger partial charge in [-0.25, -0.2) is 0 Å². The van der Waals surface area contributed by atoms with E-state index in [1.165, 1.54) is 24.7 Å². The molecule has 0 N–H and O–H groups in total. The van der Waals surface area contributed by atoms with Crippen LogP contribution in [-0.4, -0.2) is 5.97 Å². The zero-order valence-corrected chi connectivity index (χ0v) is 15.8. The lowest BCUT2D eigenvalue weighted by Gasteiger charge is -2.18. The average Bonchev–Trinajstić information content (AvgIpc) is 2.81. The fraction of sp³-hybridized carbons (Fsp3) is 0.706.